The largest absolute Gasteiger partial charge is 0.444 e. The van der Waals surface area contributed by atoms with E-state index in [9.17, 15) is 9.59 Å². The van der Waals surface area contributed by atoms with Crippen molar-refractivity contribution in [1.82, 2.24) is 15.5 Å². The fraction of sp³-hybridized carbons (Fsp3) is 0.933. The number of nitrogens with one attached hydrogen (secondary N) is 2. The van der Waals surface area contributed by atoms with Gasteiger partial charge in [0, 0.05) is 32.8 Å². The van der Waals surface area contributed by atoms with Crippen LogP contribution in [0.1, 0.15) is 89.5 Å². The van der Waals surface area contributed by atoms with Crippen LogP contribution in [0.2, 0.25) is 36.3 Å². The van der Waals surface area contributed by atoms with Crippen LogP contribution in [0.15, 0.2) is 0 Å². The zero-order valence-corrected chi connectivity index (χ0v) is 31.4. The molecule has 0 aliphatic carbocycles. The molecule has 0 bridgehead atoms. The maximum atomic E-state index is 13.3. The first-order valence-electron chi connectivity index (χ1n) is 15.1. The number of carbonyl (C=O) groups is 2. The molecule has 9 nitrogen and oxygen atoms in total. The van der Waals surface area contributed by atoms with Crippen LogP contribution in [0.3, 0.4) is 0 Å². The number of hydrogen-bond acceptors (Lipinski definition) is 7. The van der Waals surface area contributed by atoms with Gasteiger partial charge < -0.3 is 33.9 Å². The molecular formula is C30H65N3O6Si2. The summed E-state index contributed by atoms with van der Waals surface area (Å²) in [5.41, 5.74) is -1.19. The van der Waals surface area contributed by atoms with E-state index in [1.54, 1.807) is 4.90 Å². The minimum atomic E-state index is -2.13. The van der Waals surface area contributed by atoms with Gasteiger partial charge in [-0.2, -0.15) is 0 Å². The molecule has 0 radical (unpaired) electrons. The van der Waals surface area contributed by atoms with Gasteiger partial charge in [-0.3, -0.25) is 0 Å². The number of nitrogens with zero attached hydrogens (tertiary/aromatic N) is 1. The van der Waals surface area contributed by atoms with Crippen molar-refractivity contribution in [2.75, 3.05) is 39.3 Å². The zero-order chi connectivity index (χ0) is 32.5. The Kier molecular flexibility index (Phi) is 15.1. The van der Waals surface area contributed by atoms with Crippen LogP contribution >= 0.6 is 0 Å². The van der Waals surface area contributed by atoms with E-state index in [2.05, 4.69) is 78.4 Å². The molecule has 0 saturated carbocycles. The fourth-order valence-corrected chi connectivity index (χ4v) is 5.59. The molecule has 0 aliphatic rings. The molecule has 0 aromatic carbocycles. The molecule has 0 heterocycles. The molecule has 0 aromatic rings. The number of carbonyl (C=O) groups excluding carboxylic acids is 2. The smallest absolute Gasteiger partial charge is 0.410 e. The second-order valence-corrected chi connectivity index (χ2v) is 25.6. The van der Waals surface area contributed by atoms with Gasteiger partial charge in [0.2, 0.25) is 0 Å². The van der Waals surface area contributed by atoms with Crippen LogP contribution in [0.25, 0.3) is 0 Å². The van der Waals surface area contributed by atoms with Gasteiger partial charge in [-0.15, -0.1) is 0 Å². The van der Waals surface area contributed by atoms with Crippen LogP contribution in [0.5, 0.6) is 0 Å². The first-order valence-corrected chi connectivity index (χ1v) is 21.0. The lowest BCUT2D eigenvalue weighted by Crippen LogP contribution is -2.52. The molecule has 11 heteroatoms. The van der Waals surface area contributed by atoms with Crippen molar-refractivity contribution < 1.29 is 27.9 Å². The van der Waals surface area contributed by atoms with Crippen LogP contribution in [-0.2, 0) is 18.3 Å². The summed E-state index contributed by atoms with van der Waals surface area (Å²) in [5, 5.41) is 6.48. The van der Waals surface area contributed by atoms with Crippen LogP contribution < -0.4 is 10.6 Å². The number of amides is 2. The highest BCUT2D eigenvalue weighted by Gasteiger charge is 2.40. The van der Waals surface area contributed by atoms with Crippen molar-refractivity contribution in [1.29, 1.82) is 0 Å². The summed E-state index contributed by atoms with van der Waals surface area (Å²) in [6, 6.07) is 0. The van der Waals surface area contributed by atoms with Crippen molar-refractivity contribution in [3.8, 4) is 0 Å². The topological polar surface area (TPSA) is 98.4 Å². The van der Waals surface area contributed by atoms with Gasteiger partial charge in [0.15, 0.2) is 16.6 Å². The van der Waals surface area contributed by atoms with Gasteiger partial charge in [0.05, 0.1) is 12.6 Å². The predicted molar refractivity (Wildman–Crippen MR) is 175 cm³/mol. The van der Waals surface area contributed by atoms with E-state index in [1.165, 1.54) is 0 Å². The third-order valence-electron chi connectivity index (χ3n) is 7.54. The number of rotatable bonds is 14. The summed E-state index contributed by atoms with van der Waals surface area (Å²) in [4.78, 5) is 27.0. The van der Waals surface area contributed by atoms with E-state index >= 15 is 0 Å². The molecule has 1 atom stereocenters. The van der Waals surface area contributed by atoms with E-state index in [-0.39, 0.29) is 22.3 Å². The van der Waals surface area contributed by atoms with Gasteiger partial charge in [-0.25, -0.2) is 9.59 Å². The predicted octanol–water partition coefficient (Wildman–Crippen LogP) is 7.14. The molecule has 0 spiro atoms. The maximum absolute atomic E-state index is 13.3. The lowest BCUT2D eigenvalue weighted by Gasteiger charge is -2.41. The Labute approximate surface area is 254 Å². The summed E-state index contributed by atoms with van der Waals surface area (Å²) < 4.78 is 24.2. The molecule has 0 aliphatic heterocycles. The van der Waals surface area contributed by atoms with Crippen LogP contribution in [0, 0.1) is 0 Å². The van der Waals surface area contributed by atoms with Crippen molar-refractivity contribution in [3.05, 3.63) is 0 Å². The summed E-state index contributed by atoms with van der Waals surface area (Å²) in [7, 11) is -3.95. The van der Waals surface area contributed by atoms with E-state index in [4.69, 9.17) is 18.3 Å². The monoisotopic (exact) mass is 619 g/mol. The van der Waals surface area contributed by atoms with E-state index in [1.807, 2.05) is 41.5 Å². The Morgan fingerprint density at radius 1 is 0.756 bits per heavy atom. The van der Waals surface area contributed by atoms with E-state index in [0.29, 0.717) is 45.8 Å². The molecule has 2 N–H and O–H groups in total. The summed E-state index contributed by atoms with van der Waals surface area (Å²) >= 11 is 0. The highest BCUT2D eigenvalue weighted by atomic mass is 28.4. The first-order chi connectivity index (χ1) is 18.2. The van der Waals surface area contributed by atoms with Gasteiger partial charge >= 0.3 is 12.2 Å². The highest BCUT2D eigenvalue weighted by molar-refractivity contribution is 6.74. The van der Waals surface area contributed by atoms with Gasteiger partial charge in [0.1, 0.15) is 11.2 Å². The van der Waals surface area contributed by atoms with Crippen molar-refractivity contribution in [3.63, 3.8) is 0 Å². The molecule has 0 rings (SSSR count). The SMILES string of the molecule is CC(C)(C)OC(=O)NCCCN(CC(CNCCO[Si](C)(C)C(C)(C)C)O[Si](C)(C)C(C)(C)C)C(=O)OC(C)(C)C. The summed E-state index contributed by atoms with van der Waals surface area (Å²) in [5.74, 6) is 0. The molecule has 0 saturated heterocycles. The molecule has 2 amide bonds. The second-order valence-electron chi connectivity index (χ2n) is 16.0. The molecular weight excluding hydrogens is 555 g/mol. The Morgan fingerprint density at radius 3 is 1.73 bits per heavy atom. The molecule has 41 heavy (non-hydrogen) atoms. The Bertz CT molecular complexity index is 809. The van der Waals surface area contributed by atoms with Crippen LogP contribution in [0.4, 0.5) is 9.59 Å². The van der Waals surface area contributed by atoms with Gasteiger partial charge in [-0.05, 0) is 84.2 Å². The van der Waals surface area contributed by atoms with Crippen molar-refractivity contribution in [2.24, 2.45) is 0 Å². The number of ether oxygens (including phenoxy) is 2. The molecule has 0 aromatic heterocycles. The average Bonchev–Trinajstić information content (AvgIpc) is 2.70. The number of hydrogen-bond donors (Lipinski definition) is 2. The molecule has 1 unspecified atom stereocenters. The van der Waals surface area contributed by atoms with Crippen LogP contribution in [-0.4, -0.2) is 90.4 Å². The summed E-state index contributed by atoms with van der Waals surface area (Å²) in [6.07, 6.45) is -0.529. The zero-order valence-electron chi connectivity index (χ0n) is 29.4. The highest BCUT2D eigenvalue weighted by Crippen LogP contribution is 2.38. The minimum Gasteiger partial charge on any atom is -0.444 e. The van der Waals surface area contributed by atoms with E-state index in [0.717, 1.165) is 0 Å². The lowest BCUT2D eigenvalue weighted by molar-refractivity contribution is 0.0155. The van der Waals surface area contributed by atoms with Crippen molar-refractivity contribution >= 4 is 28.8 Å². The first kappa shape index (κ1) is 39.9. The third-order valence-corrected chi connectivity index (χ3v) is 16.6. The normalized spacial score (nSPS) is 14.4. The maximum Gasteiger partial charge on any atom is 0.410 e. The van der Waals surface area contributed by atoms with E-state index < -0.39 is 33.9 Å². The number of alkyl carbamates (subject to hydrolysis) is 1. The average molecular weight is 620 g/mol. The quantitative estimate of drug-likeness (QED) is 0.158. The Hall–Kier alpha value is -1.15. The second kappa shape index (κ2) is 15.5. The van der Waals surface area contributed by atoms with Gasteiger partial charge in [0.25, 0.3) is 0 Å². The fourth-order valence-electron chi connectivity index (χ4n) is 3.20. The molecule has 244 valence electrons. The van der Waals surface area contributed by atoms with Crippen molar-refractivity contribution in [2.45, 2.75) is 143 Å². The molecule has 0 fully saturated rings. The summed E-state index contributed by atoms with van der Waals surface area (Å²) in [6.45, 7) is 36.5. The standard InChI is InChI=1S/C30H65N3O6Si2/c1-27(2,3)37-25(34)32-18-17-20-33(26(35)38-28(4,5)6)23-24(39-41(15,16)30(10,11)12)22-31-19-21-36-40(13,14)29(7,8)9/h24,31H,17-23H2,1-16H3,(H,32,34). The Morgan fingerprint density at radius 2 is 1.27 bits per heavy atom. The Balaban J connectivity index is 5.55. The minimum absolute atomic E-state index is 0.0186. The lowest BCUT2D eigenvalue weighted by atomic mass is 10.2. The van der Waals surface area contributed by atoms with Gasteiger partial charge in [-0.1, -0.05) is 41.5 Å². The third kappa shape index (κ3) is 16.9.